The van der Waals surface area contributed by atoms with Crippen molar-refractivity contribution in [2.75, 3.05) is 0 Å². The molecule has 0 aromatic heterocycles. The van der Waals surface area contributed by atoms with Crippen LogP contribution in [-0.4, -0.2) is 26.2 Å². The van der Waals surface area contributed by atoms with E-state index in [9.17, 15) is 0 Å². The Morgan fingerprint density at radius 3 is 0.429 bits per heavy atom. The molecule has 0 N–H and O–H groups in total. The fourth-order valence-electron chi connectivity index (χ4n) is 0. The van der Waals surface area contributed by atoms with Crippen LogP contribution in [0.4, 0.5) is 0 Å². The molecule has 0 unspecified atom stereocenters. The van der Waals surface area contributed by atoms with E-state index in [4.69, 9.17) is 0 Å². The van der Waals surface area contributed by atoms with Gasteiger partial charge in [0.05, 0.1) is 0 Å². The Balaban J connectivity index is 0. The van der Waals surface area contributed by atoms with Crippen molar-refractivity contribution in [2.24, 2.45) is 0 Å². The van der Waals surface area contributed by atoms with Crippen molar-refractivity contribution < 1.29 is 104 Å². The third kappa shape index (κ3) is 40.6. The summed E-state index contributed by atoms with van der Waals surface area (Å²) in [5.41, 5.74) is 0. The molecule has 0 nitrogen and oxygen atoms in total. The van der Waals surface area contributed by atoms with Crippen molar-refractivity contribution in [3.05, 3.63) is 0 Å². The maximum atomic E-state index is 0. The van der Waals surface area contributed by atoms with Crippen molar-refractivity contribution in [3.63, 3.8) is 0 Å². The van der Waals surface area contributed by atoms with Crippen LogP contribution in [0, 0.1) is 0 Å². The van der Waals surface area contributed by atoms with Crippen molar-refractivity contribution in [1.82, 2.24) is 0 Å². The summed E-state index contributed by atoms with van der Waals surface area (Å²) in [7, 11) is 0. The van der Waals surface area contributed by atoms with Gasteiger partial charge in [0.15, 0.2) is 0 Å². The molecule has 0 spiro atoms. The van der Waals surface area contributed by atoms with Gasteiger partial charge in [-0.3, -0.25) is 0 Å². The van der Waals surface area contributed by atoms with Gasteiger partial charge in [-0.05, 0) is 0 Å². The minimum atomic E-state index is 0. The smallest absolute Gasteiger partial charge is 1.00 e. The van der Waals surface area contributed by atoms with E-state index in [1.165, 1.54) is 0 Å². The number of rotatable bonds is 0. The number of hydrogen-bond donors (Lipinski definition) is 0. The zero-order chi connectivity index (χ0) is 0. The van der Waals surface area contributed by atoms with E-state index in [0.717, 1.165) is 0 Å². The van der Waals surface area contributed by atoms with Crippen LogP contribution in [0.15, 0.2) is 0 Å². The SMILES string of the molecule is [Bi+3].[Br-].[Br-].[Br-].[Br-].[Br-].[Zn+2]. The standard InChI is InChI=1S/Bi.5BrH.Zn/h;5*1H;/q+3;;;;;;+2/p-5. The monoisotopic (exact) mass is 668 g/mol. The molecule has 0 saturated carbocycles. The third-order valence-corrected chi connectivity index (χ3v) is 0. The van der Waals surface area contributed by atoms with Crippen LogP contribution in [-0.2, 0) is 19.5 Å². The average molecular weight is 674 g/mol. The molecule has 0 amide bonds. The molecule has 42 valence electrons. The Bertz CT molecular complexity index is 8.04. The first-order chi connectivity index (χ1) is 0. The van der Waals surface area contributed by atoms with E-state index in [1.807, 2.05) is 0 Å². The van der Waals surface area contributed by atoms with Crippen LogP contribution in [0.25, 0.3) is 0 Å². The van der Waals surface area contributed by atoms with Crippen LogP contribution < -0.4 is 84.9 Å². The summed E-state index contributed by atoms with van der Waals surface area (Å²) >= 11 is 0. The van der Waals surface area contributed by atoms with Gasteiger partial charge in [-0.15, -0.1) is 0 Å². The second-order valence-electron chi connectivity index (χ2n) is 0. The molecule has 0 aliphatic rings. The van der Waals surface area contributed by atoms with Gasteiger partial charge < -0.3 is 84.9 Å². The van der Waals surface area contributed by atoms with Gasteiger partial charge in [0.25, 0.3) is 0 Å². The largest absolute Gasteiger partial charge is 3.00 e. The molecule has 0 aliphatic carbocycles. The van der Waals surface area contributed by atoms with E-state index < -0.39 is 0 Å². The molecule has 7 heteroatoms. The Labute approximate surface area is 128 Å². The van der Waals surface area contributed by atoms with Crippen molar-refractivity contribution in [2.45, 2.75) is 0 Å². The van der Waals surface area contributed by atoms with Crippen molar-refractivity contribution >= 4 is 26.2 Å². The Hall–Kier alpha value is 3.91. The second-order valence-corrected chi connectivity index (χ2v) is 0. The molecule has 2 radical (unpaired) electrons. The maximum Gasteiger partial charge on any atom is 3.00 e. The normalized spacial score (nSPS) is 0. The van der Waals surface area contributed by atoms with Gasteiger partial charge in [0, 0.05) is 0 Å². The van der Waals surface area contributed by atoms with Gasteiger partial charge >= 0.3 is 45.7 Å². The van der Waals surface area contributed by atoms with Crippen LogP contribution >= 0.6 is 0 Å². The predicted molar refractivity (Wildman–Crippen MR) is 5.75 cm³/mol. The summed E-state index contributed by atoms with van der Waals surface area (Å²) in [5, 5.41) is 0. The van der Waals surface area contributed by atoms with Crippen LogP contribution in [0.5, 0.6) is 0 Å². The molecule has 0 atom stereocenters. The van der Waals surface area contributed by atoms with Crippen LogP contribution in [0.3, 0.4) is 0 Å². The summed E-state index contributed by atoms with van der Waals surface area (Å²) in [4.78, 5) is 0. The van der Waals surface area contributed by atoms with E-state index in [1.54, 1.807) is 0 Å². The van der Waals surface area contributed by atoms with E-state index >= 15 is 0 Å². The summed E-state index contributed by atoms with van der Waals surface area (Å²) in [6.07, 6.45) is 0. The fraction of sp³-hybridized carbons (Fsp3) is 0. The number of halogens is 5. The van der Waals surface area contributed by atoms with E-state index in [-0.39, 0.29) is 131 Å². The molecule has 0 aromatic rings. The third-order valence-electron chi connectivity index (χ3n) is 0. The van der Waals surface area contributed by atoms with E-state index in [0.29, 0.717) is 0 Å². The Morgan fingerprint density at radius 1 is 0.429 bits per heavy atom. The zero-order valence-corrected chi connectivity index (χ0v) is 17.4. The maximum absolute atomic E-state index is 0. The fourth-order valence-corrected chi connectivity index (χ4v) is 0. The summed E-state index contributed by atoms with van der Waals surface area (Å²) < 4.78 is 0. The topological polar surface area (TPSA) is 0 Å². The molecule has 0 bridgehead atoms. The Morgan fingerprint density at radius 2 is 0.429 bits per heavy atom. The molecule has 0 aliphatic heterocycles. The quantitative estimate of drug-likeness (QED) is 0.225. The van der Waals surface area contributed by atoms with Crippen LogP contribution in [0.1, 0.15) is 0 Å². The molecular weight excluding hydrogens is 674 g/mol. The van der Waals surface area contributed by atoms with Gasteiger partial charge in [0.2, 0.25) is 0 Å². The first-order valence-corrected chi connectivity index (χ1v) is 0. The first kappa shape index (κ1) is 70.1. The van der Waals surface area contributed by atoms with Gasteiger partial charge in [0.1, 0.15) is 0 Å². The average Bonchev–Trinajstić information content (AvgIpc) is 0. The van der Waals surface area contributed by atoms with E-state index in [2.05, 4.69) is 0 Å². The molecule has 7 heavy (non-hydrogen) atoms. The van der Waals surface area contributed by atoms with Gasteiger partial charge in [-0.1, -0.05) is 0 Å². The summed E-state index contributed by atoms with van der Waals surface area (Å²) in [6, 6.07) is 0. The van der Waals surface area contributed by atoms with Gasteiger partial charge in [-0.25, -0.2) is 0 Å². The Kier molecular flexibility index (Phi) is 516. The second kappa shape index (κ2) is 51.5. The van der Waals surface area contributed by atoms with Gasteiger partial charge in [-0.2, -0.15) is 0 Å². The minimum Gasteiger partial charge on any atom is -1.00 e. The first-order valence-electron chi connectivity index (χ1n) is 0. The van der Waals surface area contributed by atoms with Crippen molar-refractivity contribution in [3.8, 4) is 0 Å². The molecule has 0 heterocycles. The molecule has 0 rings (SSSR count). The molecule has 0 aromatic carbocycles. The zero-order valence-electron chi connectivity index (χ0n) is 3.04. The van der Waals surface area contributed by atoms with Crippen LogP contribution in [0.2, 0.25) is 0 Å². The summed E-state index contributed by atoms with van der Waals surface area (Å²) in [5.74, 6) is 0. The molecule has 0 saturated heterocycles. The van der Waals surface area contributed by atoms with Crippen molar-refractivity contribution in [1.29, 1.82) is 0 Å². The predicted octanol–water partition coefficient (Wildman–Crippen LogP) is -15.4. The summed E-state index contributed by atoms with van der Waals surface area (Å²) in [6.45, 7) is 0. The molecule has 0 fully saturated rings. The number of hydrogen-bond acceptors (Lipinski definition) is 0. The molecular formula is BiBr5Zn. The minimum absolute atomic E-state index is 0.